The average molecular weight is 203 g/mol. The van der Waals surface area contributed by atoms with Crippen molar-refractivity contribution in [2.75, 3.05) is 12.0 Å². The van der Waals surface area contributed by atoms with Crippen LogP contribution in [0.2, 0.25) is 0 Å². The molecule has 0 atom stereocenters. The SMILES string of the molecule is C=C1NCNc2c1ncc(C(C)C)c2C. The number of anilines is 1. The third-order valence-corrected chi connectivity index (χ3v) is 2.85. The van der Waals surface area contributed by atoms with Crippen molar-refractivity contribution in [2.24, 2.45) is 0 Å². The Morgan fingerprint density at radius 1 is 1.40 bits per heavy atom. The van der Waals surface area contributed by atoms with Gasteiger partial charge in [0.05, 0.1) is 18.1 Å². The van der Waals surface area contributed by atoms with E-state index in [9.17, 15) is 0 Å². The summed E-state index contributed by atoms with van der Waals surface area (Å²) < 4.78 is 0. The number of rotatable bonds is 1. The van der Waals surface area contributed by atoms with Crippen LogP contribution in [0.3, 0.4) is 0 Å². The molecule has 0 saturated heterocycles. The molecule has 0 radical (unpaired) electrons. The van der Waals surface area contributed by atoms with Crippen LogP contribution in [0.1, 0.15) is 36.6 Å². The molecule has 2 N–H and O–H groups in total. The van der Waals surface area contributed by atoms with Gasteiger partial charge in [0.15, 0.2) is 0 Å². The summed E-state index contributed by atoms with van der Waals surface area (Å²) in [7, 11) is 0. The Labute approximate surface area is 90.6 Å². The fraction of sp³-hybridized carbons (Fsp3) is 0.417. The summed E-state index contributed by atoms with van der Waals surface area (Å²) in [6, 6.07) is 0. The molecule has 0 bridgehead atoms. The molecule has 1 aromatic rings. The van der Waals surface area contributed by atoms with Crippen LogP contribution < -0.4 is 10.6 Å². The fourth-order valence-electron chi connectivity index (χ4n) is 1.97. The molecule has 2 rings (SSSR count). The first-order valence-electron chi connectivity index (χ1n) is 5.27. The molecule has 15 heavy (non-hydrogen) atoms. The van der Waals surface area contributed by atoms with Gasteiger partial charge in [0, 0.05) is 6.20 Å². The standard InChI is InChI=1S/C12H17N3/c1-7(2)10-5-13-12-9(4)14-6-15-11(12)8(10)3/h5,7,14-15H,4,6H2,1-3H3. The lowest BCUT2D eigenvalue weighted by molar-refractivity contribution is 0.835. The highest BCUT2D eigenvalue weighted by Crippen LogP contribution is 2.30. The van der Waals surface area contributed by atoms with Gasteiger partial charge in [-0.1, -0.05) is 20.4 Å². The first kappa shape index (κ1) is 10.0. The average Bonchev–Trinajstić information content (AvgIpc) is 2.19. The van der Waals surface area contributed by atoms with Crippen LogP contribution in [-0.2, 0) is 0 Å². The van der Waals surface area contributed by atoms with E-state index in [0.29, 0.717) is 5.92 Å². The second kappa shape index (κ2) is 3.57. The van der Waals surface area contributed by atoms with Crippen LogP contribution in [0.25, 0.3) is 5.70 Å². The van der Waals surface area contributed by atoms with Crippen molar-refractivity contribution in [3.63, 3.8) is 0 Å². The van der Waals surface area contributed by atoms with E-state index in [-0.39, 0.29) is 0 Å². The molecular formula is C12H17N3. The third kappa shape index (κ3) is 1.58. The molecule has 0 fully saturated rings. The molecule has 3 heteroatoms. The van der Waals surface area contributed by atoms with Crippen LogP contribution >= 0.6 is 0 Å². The number of nitrogens with one attached hydrogen (secondary N) is 2. The zero-order valence-corrected chi connectivity index (χ0v) is 9.52. The van der Waals surface area contributed by atoms with Crippen molar-refractivity contribution in [2.45, 2.75) is 26.7 Å². The third-order valence-electron chi connectivity index (χ3n) is 2.85. The van der Waals surface area contributed by atoms with Gasteiger partial charge in [0.1, 0.15) is 5.69 Å². The van der Waals surface area contributed by atoms with E-state index in [1.54, 1.807) is 0 Å². The fourth-order valence-corrected chi connectivity index (χ4v) is 1.97. The maximum absolute atomic E-state index is 4.46. The Morgan fingerprint density at radius 3 is 2.80 bits per heavy atom. The normalized spacial score (nSPS) is 14.5. The topological polar surface area (TPSA) is 37.0 Å². The largest absolute Gasteiger partial charge is 0.367 e. The van der Waals surface area contributed by atoms with Gasteiger partial charge >= 0.3 is 0 Å². The van der Waals surface area contributed by atoms with Crippen molar-refractivity contribution >= 4 is 11.4 Å². The monoisotopic (exact) mass is 203 g/mol. The van der Waals surface area contributed by atoms with Gasteiger partial charge in [-0.15, -0.1) is 0 Å². The van der Waals surface area contributed by atoms with E-state index in [2.05, 4.69) is 43.0 Å². The maximum Gasteiger partial charge on any atom is 0.109 e. The predicted octanol–water partition coefficient (Wildman–Crippen LogP) is 2.46. The van der Waals surface area contributed by atoms with E-state index < -0.39 is 0 Å². The highest BCUT2D eigenvalue weighted by molar-refractivity contribution is 5.76. The summed E-state index contributed by atoms with van der Waals surface area (Å²) in [5.74, 6) is 0.507. The van der Waals surface area contributed by atoms with Gasteiger partial charge in [-0.05, 0) is 24.0 Å². The van der Waals surface area contributed by atoms with Crippen molar-refractivity contribution in [3.8, 4) is 0 Å². The number of pyridine rings is 1. The van der Waals surface area contributed by atoms with Crippen LogP contribution in [0, 0.1) is 6.92 Å². The number of aromatic nitrogens is 1. The Balaban J connectivity index is 2.57. The Morgan fingerprint density at radius 2 is 2.13 bits per heavy atom. The highest BCUT2D eigenvalue weighted by Gasteiger charge is 2.17. The molecular weight excluding hydrogens is 186 g/mol. The van der Waals surface area contributed by atoms with Crippen molar-refractivity contribution in [1.82, 2.24) is 10.3 Å². The molecule has 0 unspecified atom stereocenters. The van der Waals surface area contributed by atoms with E-state index in [1.807, 2.05) is 6.20 Å². The molecule has 80 valence electrons. The lowest BCUT2D eigenvalue weighted by Gasteiger charge is -2.24. The summed E-state index contributed by atoms with van der Waals surface area (Å²) in [4.78, 5) is 4.46. The van der Waals surface area contributed by atoms with Crippen molar-refractivity contribution in [3.05, 3.63) is 29.6 Å². The van der Waals surface area contributed by atoms with Crippen LogP contribution in [0.4, 0.5) is 5.69 Å². The first-order valence-corrected chi connectivity index (χ1v) is 5.27. The molecule has 3 nitrogen and oxygen atoms in total. The smallest absolute Gasteiger partial charge is 0.109 e. The van der Waals surface area contributed by atoms with Gasteiger partial charge in [-0.25, -0.2) is 0 Å². The summed E-state index contributed by atoms with van der Waals surface area (Å²) in [6.07, 6.45) is 1.96. The van der Waals surface area contributed by atoms with E-state index in [4.69, 9.17) is 0 Å². The highest BCUT2D eigenvalue weighted by atomic mass is 15.1. The van der Waals surface area contributed by atoms with Crippen molar-refractivity contribution < 1.29 is 0 Å². The zero-order chi connectivity index (χ0) is 11.0. The number of hydrogen-bond donors (Lipinski definition) is 2. The van der Waals surface area contributed by atoms with E-state index >= 15 is 0 Å². The Kier molecular flexibility index (Phi) is 2.39. The van der Waals surface area contributed by atoms with Crippen LogP contribution in [-0.4, -0.2) is 11.7 Å². The van der Waals surface area contributed by atoms with Gasteiger partial charge in [-0.3, -0.25) is 4.98 Å². The molecule has 1 aromatic heterocycles. The molecule has 0 saturated carbocycles. The quantitative estimate of drug-likeness (QED) is 0.736. The van der Waals surface area contributed by atoms with Gasteiger partial charge in [-0.2, -0.15) is 0 Å². The minimum Gasteiger partial charge on any atom is -0.367 e. The molecule has 0 aromatic carbocycles. The Bertz CT molecular complexity index is 408. The molecule has 0 spiro atoms. The second-order valence-electron chi connectivity index (χ2n) is 4.23. The molecule has 1 aliphatic heterocycles. The summed E-state index contributed by atoms with van der Waals surface area (Å²) >= 11 is 0. The molecule has 2 heterocycles. The second-order valence-corrected chi connectivity index (χ2v) is 4.23. The van der Waals surface area contributed by atoms with Gasteiger partial charge in [0.25, 0.3) is 0 Å². The zero-order valence-electron chi connectivity index (χ0n) is 9.52. The van der Waals surface area contributed by atoms with Gasteiger partial charge < -0.3 is 10.6 Å². The lowest BCUT2D eigenvalue weighted by atomic mass is 9.97. The van der Waals surface area contributed by atoms with Gasteiger partial charge in [0.2, 0.25) is 0 Å². The summed E-state index contributed by atoms with van der Waals surface area (Å²) in [5, 5.41) is 6.47. The number of nitrogens with zero attached hydrogens (tertiary/aromatic N) is 1. The predicted molar refractivity (Wildman–Crippen MR) is 63.7 cm³/mol. The van der Waals surface area contributed by atoms with Crippen LogP contribution in [0.5, 0.6) is 0 Å². The van der Waals surface area contributed by atoms with Crippen LogP contribution in [0.15, 0.2) is 12.8 Å². The minimum atomic E-state index is 0.507. The summed E-state index contributed by atoms with van der Waals surface area (Å²) in [6.45, 7) is 11.2. The maximum atomic E-state index is 4.46. The molecule has 0 aliphatic carbocycles. The number of hydrogen-bond acceptors (Lipinski definition) is 3. The first-order chi connectivity index (χ1) is 7.11. The van der Waals surface area contributed by atoms with Crippen molar-refractivity contribution in [1.29, 1.82) is 0 Å². The minimum absolute atomic E-state index is 0.507. The Hall–Kier alpha value is -1.51. The molecule has 1 aliphatic rings. The lowest BCUT2D eigenvalue weighted by Crippen LogP contribution is -2.27. The molecule has 0 amide bonds. The summed E-state index contributed by atoms with van der Waals surface area (Å²) in [5.41, 5.74) is 5.57. The van der Waals surface area contributed by atoms with E-state index in [1.165, 1.54) is 11.1 Å². The number of fused-ring (bicyclic) bond motifs is 1. The van der Waals surface area contributed by atoms with E-state index in [0.717, 1.165) is 23.7 Å².